The Bertz CT molecular complexity index is 1420. The van der Waals surface area contributed by atoms with E-state index in [4.69, 9.17) is 5.73 Å². The summed E-state index contributed by atoms with van der Waals surface area (Å²) in [5.74, 6) is 0. The molecule has 2 nitrogen and oxygen atoms in total. The second kappa shape index (κ2) is 4.77. The van der Waals surface area contributed by atoms with Gasteiger partial charge in [-0.05, 0) is 41.5 Å². The summed E-state index contributed by atoms with van der Waals surface area (Å²) in [5, 5.41) is 5.25. The Morgan fingerprint density at radius 1 is 0.538 bits per heavy atom. The van der Waals surface area contributed by atoms with Crippen molar-refractivity contribution in [2.24, 2.45) is 0 Å². The fourth-order valence-corrected chi connectivity index (χ4v) is 4.29. The quantitative estimate of drug-likeness (QED) is 0.363. The Morgan fingerprint density at radius 3 is 2.04 bits per heavy atom. The van der Waals surface area contributed by atoms with E-state index in [9.17, 15) is 0 Å². The monoisotopic (exact) mass is 332 g/mol. The molecule has 0 saturated heterocycles. The zero-order valence-electron chi connectivity index (χ0n) is 14.1. The predicted molar refractivity (Wildman–Crippen MR) is 111 cm³/mol. The lowest BCUT2D eigenvalue weighted by Crippen LogP contribution is -1.84. The van der Waals surface area contributed by atoms with Gasteiger partial charge in [0.15, 0.2) is 0 Å². The lowest BCUT2D eigenvalue weighted by Gasteiger charge is -2.04. The number of hydrogen-bond acceptors (Lipinski definition) is 1. The molecule has 6 rings (SSSR count). The molecule has 0 aliphatic heterocycles. The van der Waals surface area contributed by atoms with Gasteiger partial charge in [-0.25, -0.2) is 0 Å². The summed E-state index contributed by atoms with van der Waals surface area (Å²) in [6, 6.07) is 30.1. The lowest BCUT2D eigenvalue weighted by atomic mass is 10.0. The van der Waals surface area contributed by atoms with Crippen LogP contribution in [0, 0.1) is 0 Å². The van der Waals surface area contributed by atoms with Gasteiger partial charge in [-0.1, -0.05) is 54.6 Å². The number of hydrogen-bond donors (Lipinski definition) is 1. The summed E-state index contributed by atoms with van der Waals surface area (Å²) in [7, 11) is 0. The van der Waals surface area contributed by atoms with Crippen LogP contribution in [0.3, 0.4) is 0 Å². The zero-order chi connectivity index (χ0) is 17.3. The first kappa shape index (κ1) is 13.7. The largest absolute Gasteiger partial charge is 0.399 e. The third-order valence-corrected chi connectivity index (χ3v) is 5.47. The van der Waals surface area contributed by atoms with Crippen molar-refractivity contribution in [3.8, 4) is 11.1 Å². The van der Waals surface area contributed by atoms with Gasteiger partial charge in [0.2, 0.25) is 0 Å². The van der Waals surface area contributed by atoms with Gasteiger partial charge in [0.25, 0.3) is 0 Å². The van der Waals surface area contributed by atoms with E-state index in [-0.39, 0.29) is 0 Å². The average Bonchev–Trinajstić information content (AvgIpc) is 3.20. The minimum Gasteiger partial charge on any atom is -0.399 e. The summed E-state index contributed by atoms with van der Waals surface area (Å²) >= 11 is 0. The number of nitrogens with zero attached hydrogens (tertiary/aromatic N) is 1. The van der Waals surface area contributed by atoms with E-state index in [0.717, 1.165) is 5.69 Å². The van der Waals surface area contributed by atoms with Crippen LogP contribution in [0.1, 0.15) is 0 Å². The fourth-order valence-electron chi connectivity index (χ4n) is 4.29. The number of anilines is 1. The zero-order valence-corrected chi connectivity index (χ0v) is 14.1. The van der Waals surface area contributed by atoms with Crippen LogP contribution in [-0.4, -0.2) is 4.40 Å². The van der Waals surface area contributed by atoms with Crippen LogP contribution in [0.15, 0.2) is 84.9 Å². The van der Waals surface area contributed by atoms with Crippen molar-refractivity contribution in [2.45, 2.75) is 0 Å². The van der Waals surface area contributed by atoms with Gasteiger partial charge in [-0.2, -0.15) is 0 Å². The number of rotatable bonds is 1. The molecule has 0 fully saturated rings. The van der Waals surface area contributed by atoms with Crippen LogP contribution in [0.2, 0.25) is 0 Å². The van der Waals surface area contributed by atoms with Crippen LogP contribution in [0.4, 0.5) is 5.69 Å². The Morgan fingerprint density at radius 2 is 1.19 bits per heavy atom. The molecule has 122 valence electrons. The number of benzene rings is 4. The maximum absolute atomic E-state index is 5.84. The van der Waals surface area contributed by atoms with Gasteiger partial charge in [-0.15, -0.1) is 0 Å². The molecule has 0 amide bonds. The van der Waals surface area contributed by atoms with E-state index in [1.165, 1.54) is 49.2 Å². The van der Waals surface area contributed by atoms with Crippen molar-refractivity contribution in [1.82, 2.24) is 4.40 Å². The molecule has 2 aromatic heterocycles. The van der Waals surface area contributed by atoms with E-state index in [1.54, 1.807) is 0 Å². The molecule has 0 aliphatic carbocycles. The number of fused-ring (bicyclic) bond motifs is 6. The van der Waals surface area contributed by atoms with Crippen LogP contribution < -0.4 is 5.73 Å². The van der Waals surface area contributed by atoms with Crippen LogP contribution in [0.25, 0.3) is 49.2 Å². The minimum absolute atomic E-state index is 0.794. The Hall–Kier alpha value is -3.52. The van der Waals surface area contributed by atoms with Crippen LogP contribution in [0.5, 0.6) is 0 Å². The highest BCUT2D eigenvalue weighted by Crippen LogP contribution is 2.39. The Balaban J connectivity index is 1.77. The molecular weight excluding hydrogens is 316 g/mol. The van der Waals surface area contributed by atoms with Crippen molar-refractivity contribution in [2.75, 3.05) is 5.73 Å². The Kier molecular flexibility index (Phi) is 2.52. The van der Waals surface area contributed by atoms with E-state index in [1.807, 2.05) is 12.1 Å². The van der Waals surface area contributed by atoms with Crippen molar-refractivity contribution < 1.29 is 0 Å². The van der Waals surface area contributed by atoms with E-state index in [2.05, 4.69) is 77.2 Å². The van der Waals surface area contributed by atoms with Gasteiger partial charge in [-0.3, -0.25) is 0 Å². The standard InChI is InChI=1S/C24H16N2/c25-17-11-8-15(9-12-17)16-10-13-23-21(14-16)20-6-3-5-19-18-4-1-2-7-22(18)26(23)24(19)20/h1-14H,25H2. The van der Waals surface area contributed by atoms with E-state index < -0.39 is 0 Å². The molecule has 0 bridgehead atoms. The Labute approximate surface area is 150 Å². The molecule has 0 saturated carbocycles. The highest BCUT2D eigenvalue weighted by molar-refractivity contribution is 6.23. The first-order valence-corrected chi connectivity index (χ1v) is 8.84. The summed E-state index contributed by atoms with van der Waals surface area (Å²) < 4.78 is 2.40. The highest BCUT2D eigenvalue weighted by Gasteiger charge is 2.16. The third-order valence-electron chi connectivity index (χ3n) is 5.47. The maximum Gasteiger partial charge on any atom is 0.0620 e. The summed E-state index contributed by atoms with van der Waals surface area (Å²) in [4.78, 5) is 0. The summed E-state index contributed by atoms with van der Waals surface area (Å²) in [6.45, 7) is 0. The summed E-state index contributed by atoms with van der Waals surface area (Å²) in [6.07, 6.45) is 0. The SMILES string of the molecule is Nc1ccc(-c2ccc3c(c2)c2cccc4c5ccccc5n3c42)cc1. The van der Waals surface area contributed by atoms with E-state index in [0.29, 0.717) is 0 Å². The molecular formula is C24H16N2. The molecule has 0 unspecified atom stereocenters. The van der Waals surface area contributed by atoms with Crippen molar-refractivity contribution in [3.63, 3.8) is 0 Å². The first-order chi connectivity index (χ1) is 12.8. The average molecular weight is 332 g/mol. The van der Waals surface area contributed by atoms with Gasteiger partial charge < -0.3 is 10.1 Å². The smallest absolute Gasteiger partial charge is 0.0620 e. The molecule has 26 heavy (non-hydrogen) atoms. The molecule has 0 spiro atoms. The van der Waals surface area contributed by atoms with Crippen LogP contribution in [-0.2, 0) is 0 Å². The fraction of sp³-hybridized carbons (Fsp3) is 0. The second-order valence-corrected chi connectivity index (χ2v) is 6.91. The van der Waals surface area contributed by atoms with Gasteiger partial charge >= 0.3 is 0 Å². The number of nitrogen functional groups attached to an aromatic ring is 1. The predicted octanol–water partition coefficient (Wildman–Crippen LogP) is 6.09. The maximum atomic E-state index is 5.84. The molecule has 0 atom stereocenters. The van der Waals surface area contributed by atoms with Crippen LogP contribution >= 0.6 is 0 Å². The summed E-state index contributed by atoms with van der Waals surface area (Å²) in [5.41, 5.74) is 12.9. The molecule has 2 heterocycles. The van der Waals surface area contributed by atoms with E-state index >= 15 is 0 Å². The van der Waals surface area contributed by atoms with Crippen molar-refractivity contribution in [1.29, 1.82) is 0 Å². The van der Waals surface area contributed by atoms with Gasteiger partial charge in [0.05, 0.1) is 16.6 Å². The molecule has 2 heteroatoms. The third kappa shape index (κ3) is 1.66. The number of nitrogens with two attached hydrogens (primary N) is 1. The number of aromatic nitrogens is 1. The van der Waals surface area contributed by atoms with Gasteiger partial charge in [0, 0.05) is 27.2 Å². The first-order valence-electron chi connectivity index (χ1n) is 8.84. The highest BCUT2D eigenvalue weighted by atomic mass is 14.9. The molecule has 2 N–H and O–H groups in total. The molecule has 0 aliphatic rings. The normalized spacial score (nSPS) is 12.0. The topological polar surface area (TPSA) is 30.4 Å². The molecule has 0 radical (unpaired) electrons. The lowest BCUT2D eigenvalue weighted by molar-refractivity contribution is 1.37. The van der Waals surface area contributed by atoms with Crippen molar-refractivity contribution >= 4 is 43.8 Å². The number of para-hydroxylation sites is 2. The molecule has 6 aromatic rings. The molecule has 4 aromatic carbocycles. The van der Waals surface area contributed by atoms with Crippen molar-refractivity contribution in [3.05, 3.63) is 84.9 Å². The second-order valence-electron chi connectivity index (χ2n) is 6.91. The minimum atomic E-state index is 0.794. The van der Waals surface area contributed by atoms with Gasteiger partial charge in [0.1, 0.15) is 0 Å².